The van der Waals surface area contributed by atoms with Gasteiger partial charge in [0.2, 0.25) is 0 Å². The van der Waals surface area contributed by atoms with Gasteiger partial charge in [0.15, 0.2) is 0 Å². The summed E-state index contributed by atoms with van der Waals surface area (Å²) in [6, 6.07) is 15.7. The van der Waals surface area contributed by atoms with E-state index in [0.29, 0.717) is 0 Å². The van der Waals surface area contributed by atoms with Crippen LogP contribution in [0.15, 0.2) is 48.5 Å². The number of rotatable bonds is 1. The van der Waals surface area contributed by atoms with Crippen LogP contribution in [0.2, 0.25) is 5.02 Å². The zero-order valence-corrected chi connectivity index (χ0v) is 10.6. The van der Waals surface area contributed by atoms with Crippen LogP contribution in [0.1, 0.15) is 29.7 Å². The summed E-state index contributed by atoms with van der Waals surface area (Å²) in [6.45, 7) is 0. The van der Waals surface area contributed by atoms with E-state index in [0.717, 1.165) is 28.3 Å². The Morgan fingerprint density at radius 3 is 2.78 bits per heavy atom. The first-order valence-electron chi connectivity index (χ1n) is 6.00. The van der Waals surface area contributed by atoms with Crippen molar-refractivity contribution in [3.8, 4) is 5.75 Å². The molecule has 2 atom stereocenters. The standard InChI is InChI=1S/C15H14ClNO/c16-11-5-3-4-10(8-11)15-9-13(17)12-6-1-2-7-14(12)18-15/h1-8,13,15H,9,17H2. The number of nitrogens with two attached hydrogens (primary N) is 1. The van der Waals surface area contributed by atoms with Crippen LogP contribution in [-0.2, 0) is 0 Å². The molecule has 3 heteroatoms. The molecule has 1 heterocycles. The second kappa shape index (κ2) is 4.63. The van der Waals surface area contributed by atoms with E-state index in [-0.39, 0.29) is 12.1 Å². The Morgan fingerprint density at radius 2 is 1.94 bits per heavy atom. The van der Waals surface area contributed by atoms with Gasteiger partial charge < -0.3 is 10.5 Å². The quantitative estimate of drug-likeness (QED) is 0.844. The van der Waals surface area contributed by atoms with Gasteiger partial charge in [-0.2, -0.15) is 0 Å². The summed E-state index contributed by atoms with van der Waals surface area (Å²) in [6.07, 6.45) is 0.755. The number of hydrogen-bond donors (Lipinski definition) is 1. The lowest BCUT2D eigenvalue weighted by Gasteiger charge is -2.30. The highest BCUT2D eigenvalue weighted by atomic mass is 35.5. The van der Waals surface area contributed by atoms with E-state index in [1.807, 2.05) is 48.5 Å². The first kappa shape index (κ1) is 11.6. The fourth-order valence-corrected chi connectivity index (χ4v) is 2.56. The molecule has 0 amide bonds. The Hall–Kier alpha value is -1.51. The molecule has 0 saturated heterocycles. The van der Waals surface area contributed by atoms with Gasteiger partial charge in [-0.1, -0.05) is 41.9 Å². The van der Waals surface area contributed by atoms with Gasteiger partial charge in [0.05, 0.1) is 0 Å². The maximum Gasteiger partial charge on any atom is 0.126 e. The van der Waals surface area contributed by atoms with Crippen LogP contribution in [0, 0.1) is 0 Å². The highest BCUT2D eigenvalue weighted by Crippen LogP contribution is 2.39. The molecular weight excluding hydrogens is 246 g/mol. The topological polar surface area (TPSA) is 35.2 Å². The molecule has 2 unspecified atom stereocenters. The Balaban J connectivity index is 1.94. The lowest BCUT2D eigenvalue weighted by atomic mass is 9.94. The van der Waals surface area contributed by atoms with Crippen LogP contribution < -0.4 is 10.5 Å². The van der Waals surface area contributed by atoms with Gasteiger partial charge in [-0.25, -0.2) is 0 Å². The monoisotopic (exact) mass is 259 g/mol. The van der Waals surface area contributed by atoms with E-state index in [2.05, 4.69) is 0 Å². The van der Waals surface area contributed by atoms with Gasteiger partial charge in [0, 0.05) is 23.0 Å². The smallest absolute Gasteiger partial charge is 0.126 e. The van der Waals surface area contributed by atoms with Crippen molar-refractivity contribution in [1.29, 1.82) is 0 Å². The molecule has 0 spiro atoms. The predicted octanol–water partition coefficient (Wildman–Crippen LogP) is 3.86. The van der Waals surface area contributed by atoms with Gasteiger partial charge >= 0.3 is 0 Å². The zero-order valence-electron chi connectivity index (χ0n) is 9.84. The maximum absolute atomic E-state index is 6.20. The van der Waals surface area contributed by atoms with Crippen LogP contribution in [-0.4, -0.2) is 0 Å². The van der Waals surface area contributed by atoms with E-state index in [1.165, 1.54) is 0 Å². The average molecular weight is 260 g/mol. The highest BCUT2D eigenvalue weighted by Gasteiger charge is 2.26. The van der Waals surface area contributed by atoms with Crippen molar-refractivity contribution < 1.29 is 4.74 Å². The molecule has 0 bridgehead atoms. The van der Waals surface area contributed by atoms with E-state index in [4.69, 9.17) is 22.1 Å². The first-order chi connectivity index (χ1) is 8.74. The van der Waals surface area contributed by atoms with Crippen molar-refractivity contribution in [2.75, 3.05) is 0 Å². The third-order valence-corrected chi connectivity index (χ3v) is 3.51. The molecule has 0 aromatic heterocycles. The number of para-hydroxylation sites is 1. The molecule has 2 N–H and O–H groups in total. The Kier molecular flexibility index (Phi) is 2.98. The van der Waals surface area contributed by atoms with Crippen LogP contribution in [0.5, 0.6) is 5.75 Å². The second-order valence-electron chi connectivity index (χ2n) is 4.54. The van der Waals surface area contributed by atoms with Gasteiger partial charge in [0.1, 0.15) is 11.9 Å². The summed E-state index contributed by atoms with van der Waals surface area (Å²) >= 11 is 6.01. The SMILES string of the molecule is NC1CC(c2cccc(Cl)c2)Oc2ccccc21. The largest absolute Gasteiger partial charge is 0.485 e. The lowest BCUT2D eigenvalue weighted by molar-refractivity contribution is 0.161. The third kappa shape index (κ3) is 2.09. The summed E-state index contributed by atoms with van der Waals surface area (Å²) in [5.74, 6) is 0.876. The van der Waals surface area contributed by atoms with E-state index in [9.17, 15) is 0 Å². The lowest BCUT2D eigenvalue weighted by Crippen LogP contribution is -2.24. The summed E-state index contributed by atoms with van der Waals surface area (Å²) in [5, 5.41) is 0.725. The number of hydrogen-bond acceptors (Lipinski definition) is 2. The van der Waals surface area contributed by atoms with E-state index >= 15 is 0 Å². The molecule has 3 rings (SSSR count). The molecule has 92 valence electrons. The maximum atomic E-state index is 6.20. The molecule has 18 heavy (non-hydrogen) atoms. The third-order valence-electron chi connectivity index (χ3n) is 3.28. The van der Waals surface area contributed by atoms with Crippen LogP contribution >= 0.6 is 11.6 Å². The highest BCUT2D eigenvalue weighted by molar-refractivity contribution is 6.30. The van der Waals surface area contributed by atoms with Crippen molar-refractivity contribution in [1.82, 2.24) is 0 Å². The Morgan fingerprint density at radius 1 is 1.11 bits per heavy atom. The van der Waals surface area contributed by atoms with Crippen LogP contribution in [0.4, 0.5) is 0 Å². The number of fused-ring (bicyclic) bond motifs is 1. The first-order valence-corrected chi connectivity index (χ1v) is 6.38. The van der Waals surface area contributed by atoms with Crippen LogP contribution in [0.3, 0.4) is 0 Å². The van der Waals surface area contributed by atoms with Gasteiger partial charge in [-0.05, 0) is 23.8 Å². The van der Waals surface area contributed by atoms with Crippen LogP contribution in [0.25, 0.3) is 0 Å². The average Bonchev–Trinajstić information content (AvgIpc) is 2.39. The van der Waals surface area contributed by atoms with Gasteiger partial charge in [-0.3, -0.25) is 0 Å². The number of halogens is 1. The predicted molar refractivity (Wildman–Crippen MR) is 72.8 cm³/mol. The molecular formula is C15H14ClNO. The Bertz CT molecular complexity index is 570. The molecule has 1 aliphatic heterocycles. The minimum absolute atomic E-state index is 0.0129. The van der Waals surface area contributed by atoms with Crippen molar-refractivity contribution >= 4 is 11.6 Å². The molecule has 0 aliphatic carbocycles. The summed E-state index contributed by atoms with van der Waals surface area (Å²) in [4.78, 5) is 0. The summed E-state index contributed by atoms with van der Waals surface area (Å²) in [7, 11) is 0. The number of benzene rings is 2. The van der Waals surface area contributed by atoms with Crippen molar-refractivity contribution in [3.63, 3.8) is 0 Å². The molecule has 2 aromatic carbocycles. The van der Waals surface area contributed by atoms with Crippen molar-refractivity contribution in [2.24, 2.45) is 5.73 Å². The minimum atomic E-state index is -0.0198. The molecule has 2 aromatic rings. The fraction of sp³-hybridized carbons (Fsp3) is 0.200. The second-order valence-corrected chi connectivity index (χ2v) is 4.98. The van der Waals surface area contributed by atoms with Gasteiger partial charge in [0.25, 0.3) is 0 Å². The molecule has 0 saturated carbocycles. The van der Waals surface area contributed by atoms with Gasteiger partial charge in [-0.15, -0.1) is 0 Å². The zero-order chi connectivity index (χ0) is 12.5. The minimum Gasteiger partial charge on any atom is -0.485 e. The molecule has 1 aliphatic rings. The normalized spacial score (nSPS) is 22.1. The van der Waals surface area contributed by atoms with E-state index in [1.54, 1.807) is 0 Å². The summed E-state index contributed by atoms with van der Waals surface area (Å²) < 4.78 is 6.00. The van der Waals surface area contributed by atoms with Crippen molar-refractivity contribution in [3.05, 3.63) is 64.7 Å². The fourth-order valence-electron chi connectivity index (χ4n) is 2.36. The van der Waals surface area contributed by atoms with Crippen molar-refractivity contribution in [2.45, 2.75) is 18.6 Å². The molecule has 0 radical (unpaired) electrons. The molecule has 2 nitrogen and oxygen atoms in total. The van der Waals surface area contributed by atoms with E-state index < -0.39 is 0 Å². The molecule has 0 fully saturated rings. The number of ether oxygens (including phenoxy) is 1. The Labute approximate surface area is 111 Å². The summed E-state index contributed by atoms with van der Waals surface area (Å²) in [5.41, 5.74) is 8.35.